The number of phenolic OH excluding ortho intramolecular Hbond substituents is 1. The number of nitrogens with two attached hydrogens (primary N) is 1. The Kier molecular flexibility index (Phi) is 11.1. The molecule has 35 heavy (non-hydrogen) atoms. The number of aliphatic carboxylic acids is 1. The Balaban J connectivity index is 1.51. The number of carbonyl (C=O) groups excluding carboxylic acids is 1. The molecular weight excluding hydrogens is 438 g/mol. The number of phenols is 1. The number of aldehydes is 1. The van der Waals surface area contributed by atoms with Gasteiger partial charge >= 0.3 is 5.97 Å². The molecule has 0 unspecified atom stereocenters. The van der Waals surface area contributed by atoms with Crippen LogP contribution < -0.4 is 5.73 Å². The van der Waals surface area contributed by atoms with Gasteiger partial charge in [-0.1, -0.05) is 54.7 Å². The van der Waals surface area contributed by atoms with Crippen LogP contribution in [0.15, 0.2) is 47.6 Å². The van der Waals surface area contributed by atoms with Gasteiger partial charge in [0.2, 0.25) is 0 Å². The summed E-state index contributed by atoms with van der Waals surface area (Å²) in [7, 11) is 0. The molecule has 3 rings (SSSR count). The maximum Gasteiger partial charge on any atom is 0.303 e. The van der Waals surface area contributed by atoms with Crippen LogP contribution in [0.4, 0.5) is 0 Å². The molecule has 192 valence electrons. The first-order valence-electron chi connectivity index (χ1n) is 13.5. The number of aromatic hydroxyl groups is 1. The second kappa shape index (κ2) is 14.2. The number of unbranched alkanes of at least 4 members (excludes halogenated alkanes) is 2. The van der Waals surface area contributed by atoms with Crippen LogP contribution in [0, 0.1) is 17.8 Å². The van der Waals surface area contributed by atoms with Crippen molar-refractivity contribution >= 4 is 12.3 Å². The number of carboxylic acids is 1. The van der Waals surface area contributed by atoms with Crippen molar-refractivity contribution < 1.29 is 19.8 Å². The van der Waals surface area contributed by atoms with Crippen molar-refractivity contribution in [2.75, 3.05) is 6.54 Å². The molecule has 0 radical (unpaired) electrons. The van der Waals surface area contributed by atoms with Crippen molar-refractivity contribution in [2.45, 2.75) is 89.4 Å². The molecule has 0 saturated heterocycles. The molecule has 4 N–H and O–H groups in total. The zero-order chi connectivity index (χ0) is 25.0. The van der Waals surface area contributed by atoms with E-state index in [1.807, 2.05) is 0 Å². The standard InChI is InChI=1S/C30H43NO4/c31-18-17-23-9-11-25(19-23)27(21-32)7-3-1-2-6-26-20-22(5-4-8-30(34)35)10-16-29(26)24-12-14-28(33)15-13-24/h5,12-15,19,21,25-27,29,33H,1-4,6-11,16-18,20,31H2,(H,34,35)/b22-5+/t25-,26+,27+,29-/m0/s1. The number of benzene rings is 1. The molecule has 4 atom stereocenters. The molecule has 0 bridgehead atoms. The van der Waals surface area contributed by atoms with Crippen LogP contribution in [-0.4, -0.2) is 29.0 Å². The zero-order valence-electron chi connectivity index (χ0n) is 21.0. The predicted molar refractivity (Wildman–Crippen MR) is 140 cm³/mol. The number of carbonyl (C=O) groups is 2. The largest absolute Gasteiger partial charge is 0.508 e. The van der Waals surface area contributed by atoms with Gasteiger partial charge in [0.15, 0.2) is 0 Å². The average Bonchev–Trinajstić information content (AvgIpc) is 3.30. The van der Waals surface area contributed by atoms with Crippen LogP contribution in [0.2, 0.25) is 0 Å². The first-order chi connectivity index (χ1) is 17.0. The van der Waals surface area contributed by atoms with Crippen LogP contribution in [0.5, 0.6) is 5.75 Å². The lowest BCUT2D eigenvalue weighted by Gasteiger charge is -2.34. The molecular formula is C30H43NO4. The average molecular weight is 482 g/mol. The van der Waals surface area contributed by atoms with E-state index in [4.69, 9.17) is 10.8 Å². The Hall–Kier alpha value is -2.40. The monoisotopic (exact) mass is 481 g/mol. The molecule has 5 heteroatoms. The van der Waals surface area contributed by atoms with E-state index in [-0.39, 0.29) is 12.3 Å². The third-order valence-corrected chi connectivity index (χ3v) is 8.03. The summed E-state index contributed by atoms with van der Waals surface area (Å²) in [6.07, 6.45) is 18.1. The summed E-state index contributed by atoms with van der Waals surface area (Å²) in [6, 6.07) is 7.66. The highest BCUT2D eigenvalue weighted by Gasteiger charge is 2.28. The smallest absolute Gasteiger partial charge is 0.303 e. The fourth-order valence-corrected chi connectivity index (χ4v) is 6.11. The summed E-state index contributed by atoms with van der Waals surface area (Å²) in [5, 5.41) is 18.7. The van der Waals surface area contributed by atoms with Crippen molar-refractivity contribution in [3.63, 3.8) is 0 Å². The highest BCUT2D eigenvalue weighted by Crippen LogP contribution is 2.43. The van der Waals surface area contributed by atoms with Crippen LogP contribution in [0.1, 0.15) is 95.0 Å². The second-order valence-corrected chi connectivity index (χ2v) is 10.5. The van der Waals surface area contributed by atoms with Gasteiger partial charge in [-0.2, -0.15) is 0 Å². The van der Waals surface area contributed by atoms with Gasteiger partial charge in [0.25, 0.3) is 0 Å². The normalized spacial score (nSPS) is 24.3. The van der Waals surface area contributed by atoms with Crippen molar-refractivity contribution in [3.8, 4) is 5.75 Å². The Morgan fingerprint density at radius 3 is 2.63 bits per heavy atom. The zero-order valence-corrected chi connectivity index (χ0v) is 21.0. The lowest BCUT2D eigenvalue weighted by atomic mass is 9.71. The first kappa shape index (κ1) is 27.2. The Bertz CT molecular complexity index is 873. The minimum absolute atomic E-state index is 0.133. The minimum Gasteiger partial charge on any atom is -0.508 e. The molecule has 1 aromatic rings. The maximum atomic E-state index is 11.7. The fourth-order valence-electron chi connectivity index (χ4n) is 6.11. The maximum absolute atomic E-state index is 11.7. The van der Waals surface area contributed by atoms with Gasteiger partial charge in [-0.25, -0.2) is 0 Å². The quantitative estimate of drug-likeness (QED) is 0.160. The molecule has 1 aromatic carbocycles. The second-order valence-electron chi connectivity index (χ2n) is 10.5. The van der Waals surface area contributed by atoms with Crippen molar-refractivity contribution in [1.82, 2.24) is 0 Å². The van der Waals surface area contributed by atoms with E-state index in [1.165, 1.54) is 23.0 Å². The summed E-state index contributed by atoms with van der Waals surface area (Å²) in [5.74, 6) is 1.08. The van der Waals surface area contributed by atoms with E-state index in [0.29, 0.717) is 36.5 Å². The molecule has 5 nitrogen and oxygen atoms in total. The summed E-state index contributed by atoms with van der Waals surface area (Å²) >= 11 is 0. The summed E-state index contributed by atoms with van der Waals surface area (Å²) in [6.45, 7) is 0.688. The van der Waals surface area contributed by atoms with Gasteiger partial charge in [-0.05, 0) is 99.8 Å². The molecule has 0 amide bonds. The lowest BCUT2D eigenvalue weighted by Crippen LogP contribution is -2.19. The van der Waals surface area contributed by atoms with Gasteiger partial charge in [0.1, 0.15) is 12.0 Å². The summed E-state index contributed by atoms with van der Waals surface area (Å²) in [4.78, 5) is 22.6. The highest BCUT2D eigenvalue weighted by atomic mass is 16.4. The Labute approximate surface area is 210 Å². The topological polar surface area (TPSA) is 101 Å². The molecule has 1 saturated carbocycles. The van der Waals surface area contributed by atoms with Gasteiger partial charge in [0, 0.05) is 12.3 Å². The fraction of sp³-hybridized carbons (Fsp3) is 0.600. The lowest BCUT2D eigenvalue weighted by molar-refractivity contribution is -0.136. The van der Waals surface area contributed by atoms with Crippen molar-refractivity contribution in [1.29, 1.82) is 0 Å². The van der Waals surface area contributed by atoms with Crippen molar-refractivity contribution in [3.05, 3.63) is 53.1 Å². The number of carboxylic acid groups (broad SMARTS) is 1. The third kappa shape index (κ3) is 8.64. The summed E-state index contributed by atoms with van der Waals surface area (Å²) < 4.78 is 0. The van der Waals surface area contributed by atoms with Gasteiger partial charge < -0.3 is 20.7 Å². The van der Waals surface area contributed by atoms with Crippen LogP contribution in [-0.2, 0) is 9.59 Å². The van der Waals surface area contributed by atoms with Crippen LogP contribution >= 0.6 is 0 Å². The molecule has 0 heterocycles. The van der Waals surface area contributed by atoms with E-state index in [2.05, 4.69) is 24.3 Å². The van der Waals surface area contributed by atoms with E-state index >= 15 is 0 Å². The van der Waals surface area contributed by atoms with Crippen molar-refractivity contribution in [2.24, 2.45) is 23.5 Å². The predicted octanol–water partition coefficient (Wildman–Crippen LogP) is 6.52. The van der Waals surface area contributed by atoms with Gasteiger partial charge in [0.05, 0.1) is 0 Å². The van der Waals surface area contributed by atoms with Crippen LogP contribution in [0.25, 0.3) is 0 Å². The van der Waals surface area contributed by atoms with Crippen LogP contribution in [0.3, 0.4) is 0 Å². The van der Waals surface area contributed by atoms with E-state index in [0.717, 1.165) is 70.6 Å². The highest BCUT2D eigenvalue weighted by molar-refractivity contribution is 5.66. The number of hydrogen-bond donors (Lipinski definition) is 3. The molecule has 0 aromatic heterocycles. The Morgan fingerprint density at radius 1 is 1.11 bits per heavy atom. The third-order valence-electron chi connectivity index (χ3n) is 8.03. The number of rotatable bonds is 14. The van der Waals surface area contributed by atoms with E-state index in [1.54, 1.807) is 12.1 Å². The van der Waals surface area contributed by atoms with E-state index in [9.17, 15) is 14.7 Å². The molecule has 0 aliphatic heterocycles. The molecule has 2 aliphatic carbocycles. The first-order valence-corrected chi connectivity index (χ1v) is 13.5. The molecule has 0 spiro atoms. The molecule has 2 aliphatic rings. The number of allylic oxidation sites excluding steroid dienone is 3. The van der Waals surface area contributed by atoms with Gasteiger partial charge in [-0.3, -0.25) is 4.79 Å². The summed E-state index contributed by atoms with van der Waals surface area (Å²) in [5.41, 5.74) is 9.80. The molecule has 1 fully saturated rings. The SMILES string of the molecule is NCCC1=C[C@@H]([C@@H](C=O)CCCCC[C@@H]2C/C(=C/CCC(=O)O)CC[C@H]2c2ccc(O)cc2)CC1. The number of hydrogen-bond acceptors (Lipinski definition) is 4. The Morgan fingerprint density at radius 2 is 1.91 bits per heavy atom. The minimum atomic E-state index is -0.742. The van der Waals surface area contributed by atoms with E-state index < -0.39 is 5.97 Å². The van der Waals surface area contributed by atoms with Gasteiger partial charge in [-0.15, -0.1) is 0 Å².